The molecule has 5 heteroatoms. The van der Waals surface area contributed by atoms with Crippen molar-refractivity contribution >= 4 is 0 Å². The zero-order valence-electron chi connectivity index (χ0n) is 10.0. The third-order valence-corrected chi connectivity index (χ3v) is 2.68. The molecule has 0 unspecified atom stereocenters. The van der Waals surface area contributed by atoms with Crippen molar-refractivity contribution in [3.63, 3.8) is 0 Å². The summed E-state index contributed by atoms with van der Waals surface area (Å²) < 4.78 is 5.20. The van der Waals surface area contributed by atoms with Crippen molar-refractivity contribution in [2.24, 2.45) is 0 Å². The van der Waals surface area contributed by atoms with E-state index in [0.29, 0.717) is 18.1 Å². The van der Waals surface area contributed by atoms with Crippen LogP contribution in [0.5, 0.6) is 5.75 Å². The second kappa shape index (κ2) is 4.89. The number of pyridine rings is 1. The summed E-state index contributed by atoms with van der Waals surface area (Å²) in [4.78, 5) is 8.33. The van der Waals surface area contributed by atoms with E-state index in [2.05, 4.69) is 15.1 Å². The molecule has 19 heavy (non-hydrogen) atoms. The molecule has 0 aliphatic rings. The number of rotatable bonds is 3. The predicted octanol–water partition coefficient (Wildman–Crippen LogP) is 2.43. The first-order valence-corrected chi connectivity index (χ1v) is 5.82. The highest BCUT2D eigenvalue weighted by Gasteiger charge is 2.09. The fraction of sp³-hybridized carbons (Fsp3) is 0.0714. The molecule has 2 heterocycles. The number of aromatic hydroxyl groups is 1. The maximum Gasteiger partial charge on any atom is 0.231 e. The summed E-state index contributed by atoms with van der Waals surface area (Å²) in [6.07, 6.45) is 3.92. The number of phenols is 1. The molecule has 0 radical (unpaired) electrons. The molecule has 0 spiro atoms. The van der Waals surface area contributed by atoms with Gasteiger partial charge in [0.05, 0.1) is 6.42 Å². The van der Waals surface area contributed by atoms with Crippen molar-refractivity contribution in [1.29, 1.82) is 0 Å². The summed E-state index contributed by atoms with van der Waals surface area (Å²) in [7, 11) is 0. The van der Waals surface area contributed by atoms with E-state index in [4.69, 9.17) is 4.52 Å². The highest BCUT2D eigenvalue weighted by molar-refractivity contribution is 5.51. The summed E-state index contributed by atoms with van der Waals surface area (Å²) in [5.74, 6) is 1.30. The molecule has 0 fully saturated rings. The molecule has 3 rings (SSSR count). The van der Waals surface area contributed by atoms with Gasteiger partial charge in [-0.15, -0.1) is 0 Å². The van der Waals surface area contributed by atoms with Crippen LogP contribution in [0.15, 0.2) is 53.3 Å². The number of hydrogen-bond donors (Lipinski definition) is 1. The maximum atomic E-state index is 9.22. The first kappa shape index (κ1) is 11.4. The van der Waals surface area contributed by atoms with E-state index in [1.807, 2.05) is 24.3 Å². The average Bonchev–Trinajstić information content (AvgIpc) is 2.91. The molecular weight excluding hydrogens is 242 g/mol. The Kier molecular flexibility index (Phi) is 2.94. The van der Waals surface area contributed by atoms with Gasteiger partial charge in [-0.1, -0.05) is 17.3 Å². The van der Waals surface area contributed by atoms with Gasteiger partial charge in [-0.2, -0.15) is 4.98 Å². The first-order chi connectivity index (χ1) is 9.31. The fourth-order valence-corrected chi connectivity index (χ4v) is 1.73. The minimum atomic E-state index is 0.241. The van der Waals surface area contributed by atoms with E-state index < -0.39 is 0 Å². The van der Waals surface area contributed by atoms with E-state index in [-0.39, 0.29) is 5.75 Å². The molecule has 1 aromatic carbocycles. The van der Waals surface area contributed by atoms with Crippen LogP contribution < -0.4 is 0 Å². The summed E-state index contributed by atoms with van der Waals surface area (Å²) in [6.45, 7) is 0. The van der Waals surface area contributed by atoms with Crippen LogP contribution in [0.25, 0.3) is 11.4 Å². The zero-order chi connectivity index (χ0) is 13.1. The first-order valence-electron chi connectivity index (χ1n) is 5.82. The topological polar surface area (TPSA) is 72.0 Å². The van der Waals surface area contributed by atoms with Gasteiger partial charge in [0.15, 0.2) is 0 Å². The Morgan fingerprint density at radius 2 is 1.95 bits per heavy atom. The van der Waals surface area contributed by atoms with Crippen LogP contribution in [0.1, 0.15) is 11.5 Å². The maximum absolute atomic E-state index is 9.22. The lowest BCUT2D eigenvalue weighted by Crippen LogP contribution is -1.88. The molecule has 2 aromatic heterocycles. The Morgan fingerprint density at radius 3 is 2.68 bits per heavy atom. The number of nitrogens with zero attached hydrogens (tertiary/aromatic N) is 3. The molecule has 0 atom stereocenters. The lowest BCUT2D eigenvalue weighted by molar-refractivity contribution is 0.385. The van der Waals surface area contributed by atoms with Crippen LogP contribution in [0.4, 0.5) is 0 Å². The van der Waals surface area contributed by atoms with E-state index in [9.17, 15) is 5.11 Å². The van der Waals surface area contributed by atoms with Crippen molar-refractivity contribution in [1.82, 2.24) is 15.1 Å². The van der Waals surface area contributed by atoms with Crippen molar-refractivity contribution < 1.29 is 9.63 Å². The number of aromatic nitrogens is 3. The van der Waals surface area contributed by atoms with Crippen molar-refractivity contribution in [2.45, 2.75) is 6.42 Å². The van der Waals surface area contributed by atoms with Crippen molar-refractivity contribution in [3.05, 3.63) is 60.2 Å². The van der Waals surface area contributed by atoms with Gasteiger partial charge in [0.1, 0.15) is 5.75 Å². The van der Waals surface area contributed by atoms with Gasteiger partial charge in [0, 0.05) is 18.0 Å². The molecule has 3 aromatic rings. The summed E-state index contributed by atoms with van der Waals surface area (Å²) in [5, 5.41) is 13.1. The number of phenolic OH excluding ortho intramolecular Hbond substituents is 1. The fourth-order valence-electron chi connectivity index (χ4n) is 1.73. The van der Waals surface area contributed by atoms with Crippen molar-refractivity contribution in [3.8, 4) is 17.1 Å². The second-order valence-electron chi connectivity index (χ2n) is 4.10. The molecule has 0 aliphatic heterocycles. The highest BCUT2D eigenvalue weighted by Crippen LogP contribution is 2.17. The number of hydrogen-bond acceptors (Lipinski definition) is 5. The highest BCUT2D eigenvalue weighted by atomic mass is 16.5. The monoisotopic (exact) mass is 253 g/mol. The molecule has 5 nitrogen and oxygen atoms in total. The van der Waals surface area contributed by atoms with Gasteiger partial charge in [0.25, 0.3) is 0 Å². The third kappa shape index (κ3) is 2.60. The Morgan fingerprint density at radius 1 is 1.11 bits per heavy atom. The van der Waals surface area contributed by atoms with Gasteiger partial charge in [0.2, 0.25) is 11.7 Å². The van der Waals surface area contributed by atoms with Gasteiger partial charge in [-0.3, -0.25) is 4.98 Å². The van der Waals surface area contributed by atoms with Gasteiger partial charge >= 0.3 is 0 Å². The molecule has 0 amide bonds. The van der Waals surface area contributed by atoms with Crippen LogP contribution in [-0.4, -0.2) is 20.2 Å². The summed E-state index contributed by atoms with van der Waals surface area (Å²) >= 11 is 0. The largest absolute Gasteiger partial charge is 0.508 e. The van der Waals surface area contributed by atoms with E-state index >= 15 is 0 Å². The van der Waals surface area contributed by atoms with Crippen LogP contribution in [-0.2, 0) is 6.42 Å². The Bertz CT molecular complexity index is 663. The Labute approximate surface area is 109 Å². The Hall–Kier alpha value is -2.69. The predicted molar refractivity (Wildman–Crippen MR) is 68.4 cm³/mol. The number of benzene rings is 1. The average molecular weight is 253 g/mol. The normalized spacial score (nSPS) is 10.5. The molecule has 0 aliphatic carbocycles. The second-order valence-corrected chi connectivity index (χ2v) is 4.10. The molecule has 0 saturated heterocycles. The lowest BCUT2D eigenvalue weighted by Gasteiger charge is -1.96. The van der Waals surface area contributed by atoms with Gasteiger partial charge in [-0.25, -0.2) is 0 Å². The SMILES string of the molecule is Oc1ccc(Cc2nc(-c3cccnc3)no2)cc1. The molecule has 1 N–H and O–H groups in total. The summed E-state index contributed by atoms with van der Waals surface area (Å²) in [6, 6.07) is 10.6. The van der Waals surface area contributed by atoms with Crippen molar-refractivity contribution in [2.75, 3.05) is 0 Å². The van der Waals surface area contributed by atoms with Gasteiger partial charge < -0.3 is 9.63 Å². The van der Waals surface area contributed by atoms with Gasteiger partial charge in [-0.05, 0) is 29.8 Å². The molecule has 0 bridgehead atoms. The van der Waals surface area contributed by atoms with Crippen LogP contribution in [0.2, 0.25) is 0 Å². The molecular formula is C14H11N3O2. The molecule has 94 valence electrons. The van der Waals surface area contributed by atoms with E-state index in [0.717, 1.165) is 11.1 Å². The van der Waals surface area contributed by atoms with Crippen LogP contribution in [0, 0.1) is 0 Å². The smallest absolute Gasteiger partial charge is 0.231 e. The zero-order valence-corrected chi connectivity index (χ0v) is 10.0. The van der Waals surface area contributed by atoms with Crippen LogP contribution in [0.3, 0.4) is 0 Å². The quantitative estimate of drug-likeness (QED) is 0.776. The van der Waals surface area contributed by atoms with Crippen LogP contribution >= 0.6 is 0 Å². The Balaban J connectivity index is 1.80. The van der Waals surface area contributed by atoms with E-state index in [1.165, 1.54) is 0 Å². The third-order valence-electron chi connectivity index (χ3n) is 2.68. The minimum absolute atomic E-state index is 0.241. The standard InChI is InChI=1S/C14H11N3O2/c18-12-5-3-10(4-6-12)8-13-16-14(17-19-13)11-2-1-7-15-9-11/h1-7,9,18H,8H2. The lowest BCUT2D eigenvalue weighted by atomic mass is 10.1. The molecule has 0 saturated carbocycles. The minimum Gasteiger partial charge on any atom is -0.508 e. The summed E-state index contributed by atoms with van der Waals surface area (Å²) in [5.41, 5.74) is 1.82. The van der Waals surface area contributed by atoms with E-state index in [1.54, 1.807) is 24.5 Å².